The van der Waals surface area contributed by atoms with Gasteiger partial charge in [-0.3, -0.25) is 0 Å². The summed E-state index contributed by atoms with van der Waals surface area (Å²) in [5.74, 6) is 1.10. The van der Waals surface area contributed by atoms with Crippen LogP contribution < -0.4 is 5.32 Å². The molecule has 0 aliphatic rings. The molecule has 0 aliphatic carbocycles. The number of hydrogen-bond donors (Lipinski definition) is 1. The first kappa shape index (κ1) is 14.1. The number of nitrogens with one attached hydrogen (secondary N) is 1. The van der Waals surface area contributed by atoms with Crippen molar-refractivity contribution < 1.29 is 4.42 Å². The second-order valence-electron chi connectivity index (χ2n) is 5.40. The van der Waals surface area contributed by atoms with Gasteiger partial charge in [-0.05, 0) is 38.7 Å². The number of aryl methyl sites for hydroxylation is 1. The summed E-state index contributed by atoms with van der Waals surface area (Å²) in [7, 11) is 0. The van der Waals surface area contributed by atoms with Crippen LogP contribution in [0.3, 0.4) is 0 Å². The molecule has 0 unspecified atom stereocenters. The lowest BCUT2D eigenvalue weighted by Gasteiger charge is -2.18. The molecule has 0 aromatic carbocycles. The van der Waals surface area contributed by atoms with Gasteiger partial charge in [-0.15, -0.1) is 15.3 Å². The van der Waals surface area contributed by atoms with Crippen molar-refractivity contribution in [3.8, 4) is 10.8 Å². The highest BCUT2D eigenvalue weighted by Crippen LogP contribution is 2.25. The van der Waals surface area contributed by atoms with Crippen LogP contribution in [-0.4, -0.2) is 25.3 Å². The normalized spacial score (nSPS) is 12.0. The van der Waals surface area contributed by atoms with Crippen molar-refractivity contribution in [2.75, 3.05) is 0 Å². The predicted octanol–water partition coefficient (Wildman–Crippen LogP) is 2.43. The van der Waals surface area contributed by atoms with E-state index in [-0.39, 0.29) is 5.54 Å². The fraction of sp³-hybridized carbons (Fsp3) is 0.667. The molecule has 6 nitrogen and oxygen atoms in total. The molecular weight excluding hydrogens is 262 g/mol. The summed E-state index contributed by atoms with van der Waals surface area (Å²) in [6.45, 7) is 8.95. The third-order valence-corrected chi connectivity index (χ3v) is 3.23. The molecule has 0 spiro atoms. The van der Waals surface area contributed by atoms with Crippen LogP contribution >= 0.6 is 11.5 Å². The number of hydrogen-bond acceptors (Lipinski definition) is 7. The van der Waals surface area contributed by atoms with Gasteiger partial charge in [-0.2, -0.15) is 0 Å². The highest BCUT2D eigenvalue weighted by atomic mass is 32.1. The first-order chi connectivity index (χ1) is 8.99. The van der Waals surface area contributed by atoms with Crippen LogP contribution in [0.15, 0.2) is 4.42 Å². The van der Waals surface area contributed by atoms with E-state index in [9.17, 15) is 0 Å². The Hall–Kier alpha value is -1.34. The fourth-order valence-corrected chi connectivity index (χ4v) is 2.16. The summed E-state index contributed by atoms with van der Waals surface area (Å²) < 4.78 is 9.62. The maximum atomic E-state index is 5.66. The second-order valence-corrected chi connectivity index (χ2v) is 6.16. The van der Waals surface area contributed by atoms with Crippen LogP contribution in [0.4, 0.5) is 0 Å². The van der Waals surface area contributed by atoms with E-state index in [1.54, 1.807) is 0 Å². The summed E-state index contributed by atoms with van der Waals surface area (Å²) in [6.07, 6.45) is 1.90. The van der Waals surface area contributed by atoms with E-state index in [0.717, 1.165) is 23.4 Å². The molecule has 2 aromatic rings. The quantitative estimate of drug-likeness (QED) is 0.907. The van der Waals surface area contributed by atoms with Crippen LogP contribution in [0.2, 0.25) is 0 Å². The maximum absolute atomic E-state index is 5.66. The molecule has 2 rings (SSSR count). The largest absolute Gasteiger partial charge is 0.418 e. The molecule has 0 atom stereocenters. The van der Waals surface area contributed by atoms with Crippen LogP contribution in [0.1, 0.15) is 45.7 Å². The molecule has 0 saturated heterocycles. The third-order valence-electron chi connectivity index (χ3n) is 2.47. The molecular formula is C12H19N5OS. The van der Waals surface area contributed by atoms with Crippen molar-refractivity contribution in [2.24, 2.45) is 0 Å². The summed E-state index contributed by atoms with van der Waals surface area (Å²) in [5.41, 5.74) is 0.958. The van der Waals surface area contributed by atoms with Crippen molar-refractivity contribution in [2.45, 2.75) is 52.6 Å². The van der Waals surface area contributed by atoms with Crippen molar-refractivity contribution in [1.29, 1.82) is 0 Å². The SMILES string of the molecule is CCCc1nnsc1-c1nnc(CNC(C)(C)C)o1. The molecule has 0 amide bonds. The number of nitrogens with zero attached hydrogens (tertiary/aromatic N) is 4. The Bertz CT molecular complexity index is 528. The Morgan fingerprint density at radius 2 is 2.00 bits per heavy atom. The van der Waals surface area contributed by atoms with Crippen LogP contribution in [-0.2, 0) is 13.0 Å². The lowest BCUT2D eigenvalue weighted by molar-refractivity contribution is 0.383. The van der Waals surface area contributed by atoms with Crippen molar-refractivity contribution in [1.82, 2.24) is 25.1 Å². The van der Waals surface area contributed by atoms with E-state index < -0.39 is 0 Å². The van der Waals surface area contributed by atoms with Crippen LogP contribution in [0.5, 0.6) is 0 Å². The average Bonchev–Trinajstić information content (AvgIpc) is 2.93. The summed E-state index contributed by atoms with van der Waals surface area (Å²) in [5, 5.41) is 15.5. The average molecular weight is 281 g/mol. The lowest BCUT2D eigenvalue weighted by atomic mass is 10.1. The Morgan fingerprint density at radius 1 is 1.21 bits per heavy atom. The zero-order valence-corrected chi connectivity index (χ0v) is 12.5. The van der Waals surface area contributed by atoms with E-state index >= 15 is 0 Å². The smallest absolute Gasteiger partial charge is 0.261 e. The number of aromatic nitrogens is 4. The van der Waals surface area contributed by atoms with Gasteiger partial charge < -0.3 is 9.73 Å². The van der Waals surface area contributed by atoms with Gasteiger partial charge in [-0.25, -0.2) is 0 Å². The van der Waals surface area contributed by atoms with Gasteiger partial charge in [-0.1, -0.05) is 17.8 Å². The minimum atomic E-state index is 0.0219. The highest BCUT2D eigenvalue weighted by Gasteiger charge is 2.17. The molecule has 2 aromatic heterocycles. The predicted molar refractivity (Wildman–Crippen MR) is 73.8 cm³/mol. The summed E-state index contributed by atoms with van der Waals surface area (Å²) in [6, 6.07) is 0. The zero-order chi connectivity index (χ0) is 13.9. The molecule has 0 fully saturated rings. The summed E-state index contributed by atoms with van der Waals surface area (Å²) >= 11 is 1.30. The monoisotopic (exact) mass is 281 g/mol. The molecule has 7 heteroatoms. The van der Waals surface area contributed by atoms with E-state index in [1.165, 1.54) is 11.5 Å². The van der Waals surface area contributed by atoms with Gasteiger partial charge in [0.1, 0.15) is 4.88 Å². The van der Waals surface area contributed by atoms with Crippen molar-refractivity contribution in [3.05, 3.63) is 11.6 Å². The van der Waals surface area contributed by atoms with Crippen LogP contribution in [0, 0.1) is 0 Å². The minimum Gasteiger partial charge on any atom is -0.418 e. The highest BCUT2D eigenvalue weighted by molar-refractivity contribution is 7.09. The van der Waals surface area contributed by atoms with Gasteiger partial charge in [0.2, 0.25) is 5.89 Å². The summed E-state index contributed by atoms with van der Waals surface area (Å²) in [4.78, 5) is 0.886. The Labute approximate surface area is 116 Å². The van der Waals surface area contributed by atoms with E-state index in [1.807, 2.05) is 0 Å². The standard InChI is InChI=1S/C12H19N5OS/c1-5-6-8-10(19-17-14-8)11-16-15-9(18-11)7-13-12(2,3)4/h13H,5-7H2,1-4H3. The molecule has 104 valence electrons. The first-order valence-corrected chi connectivity index (χ1v) is 7.16. The topological polar surface area (TPSA) is 76.7 Å². The van der Waals surface area contributed by atoms with Crippen LogP contribution in [0.25, 0.3) is 10.8 Å². The second kappa shape index (κ2) is 5.75. The maximum Gasteiger partial charge on any atom is 0.261 e. The number of rotatable bonds is 5. The van der Waals surface area contributed by atoms with Crippen molar-refractivity contribution >= 4 is 11.5 Å². The molecule has 0 aliphatic heterocycles. The third kappa shape index (κ3) is 3.81. The van der Waals surface area contributed by atoms with Gasteiger partial charge in [0.05, 0.1) is 12.2 Å². The fourth-order valence-electron chi connectivity index (χ4n) is 1.53. The van der Waals surface area contributed by atoms with E-state index in [0.29, 0.717) is 18.3 Å². The first-order valence-electron chi connectivity index (χ1n) is 6.38. The van der Waals surface area contributed by atoms with Gasteiger partial charge >= 0.3 is 0 Å². The Kier molecular flexibility index (Phi) is 4.26. The molecule has 0 bridgehead atoms. The van der Waals surface area contributed by atoms with Gasteiger partial charge in [0.15, 0.2) is 0 Å². The zero-order valence-electron chi connectivity index (χ0n) is 11.7. The molecule has 1 N–H and O–H groups in total. The Morgan fingerprint density at radius 3 is 2.68 bits per heavy atom. The molecule has 0 saturated carbocycles. The van der Waals surface area contributed by atoms with E-state index in [2.05, 4.69) is 52.8 Å². The lowest BCUT2D eigenvalue weighted by Crippen LogP contribution is -2.35. The molecule has 19 heavy (non-hydrogen) atoms. The van der Waals surface area contributed by atoms with E-state index in [4.69, 9.17) is 4.42 Å². The van der Waals surface area contributed by atoms with Crippen molar-refractivity contribution in [3.63, 3.8) is 0 Å². The Balaban J connectivity index is 2.10. The van der Waals surface area contributed by atoms with Gasteiger partial charge in [0.25, 0.3) is 5.89 Å². The molecule has 2 heterocycles. The molecule has 0 radical (unpaired) electrons. The van der Waals surface area contributed by atoms with Gasteiger partial charge in [0, 0.05) is 5.54 Å². The minimum absolute atomic E-state index is 0.0219.